The van der Waals surface area contributed by atoms with Crippen LogP contribution in [0.15, 0.2) is 72.8 Å². The second-order valence-corrected chi connectivity index (χ2v) is 8.85. The van der Waals surface area contributed by atoms with Crippen LogP contribution in [0.3, 0.4) is 0 Å². The van der Waals surface area contributed by atoms with E-state index in [9.17, 15) is 14.0 Å². The van der Waals surface area contributed by atoms with Crippen molar-refractivity contribution in [3.63, 3.8) is 0 Å². The number of carbonyl (C=O) groups is 2. The fraction of sp³-hybridized carbons (Fsp3) is 0.231. The number of rotatable bonds is 7. The van der Waals surface area contributed by atoms with Crippen molar-refractivity contribution in [1.29, 1.82) is 0 Å². The van der Waals surface area contributed by atoms with E-state index in [4.69, 9.17) is 0 Å². The number of carbonyl (C=O) groups excluding carboxylic acids is 2. The van der Waals surface area contributed by atoms with Gasteiger partial charge in [-0.1, -0.05) is 37.6 Å². The lowest BCUT2D eigenvalue weighted by molar-refractivity contribution is -0.115. The zero-order chi connectivity index (χ0) is 22.5. The molecule has 4 rings (SSSR count). The summed E-state index contributed by atoms with van der Waals surface area (Å²) in [6.07, 6.45) is 3.31. The molecule has 2 amide bonds. The normalized spacial score (nSPS) is 15.8. The van der Waals surface area contributed by atoms with E-state index in [1.54, 1.807) is 17.0 Å². The topological polar surface area (TPSA) is 49.4 Å². The van der Waals surface area contributed by atoms with Gasteiger partial charge in [-0.15, -0.1) is 11.8 Å². The van der Waals surface area contributed by atoms with Crippen LogP contribution in [0.25, 0.3) is 0 Å². The minimum atomic E-state index is -0.333. The highest BCUT2D eigenvalue weighted by molar-refractivity contribution is 8.00. The van der Waals surface area contributed by atoms with E-state index in [-0.39, 0.29) is 23.0 Å². The van der Waals surface area contributed by atoms with Gasteiger partial charge in [-0.3, -0.25) is 14.5 Å². The van der Waals surface area contributed by atoms with Gasteiger partial charge in [0.25, 0.3) is 5.91 Å². The number of aryl methyl sites for hydroxylation is 1. The van der Waals surface area contributed by atoms with Crippen molar-refractivity contribution in [2.45, 2.75) is 31.6 Å². The van der Waals surface area contributed by atoms with Gasteiger partial charge in [0.1, 0.15) is 11.2 Å². The zero-order valence-electron chi connectivity index (χ0n) is 17.9. The van der Waals surface area contributed by atoms with E-state index >= 15 is 0 Å². The fourth-order valence-electron chi connectivity index (χ4n) is 3.69. The number of nitrogens with one attached hydrogen (secondary N) is 1. The molecule has 1 aliphatic heterocycles. The third-order valence-corrected chi connectivity index (χ3v) is 6.67. The molecule has 0 aromatic heterocycles. The molecule has 1 heterocycles. The standard InChI is InChI=1S/C26H25FN2O2S/c1-2-3-4-18-5-7-19(8-6-18)25(31)28-22-13-9-20(10-14-22)26-29(24(30)17-32-26)23-15-11-21(27)12-16-23/h5-16,26H,2-4,17H2,1H3,(H,28,31)/t26-/m1/s1. The molecule has 4 nitrogen and oxygen atoms in total. The number of halogens is 1. The van der Waals surface area contributed by atoms with E-state index in [0.717, 1.165) is 24.8 Å². The van der Waals surface area contributed by atoms with Gasteiger partial charge >= 0.3 is 0 Å². The van der Waals surface area contributed by atoms with Gasteiger partial charge in [-0.2, -0.15) is 0 Å². The third-order valence-electron chi connectivity index (χ3n) is 5.46. The van der Waals surface area contributed by atoms with E-state index in [2.05, 4.69) is 12.2 Å². The van der Waals surface area contributed by atoms with Crippen molar-refractivity contribution < 1.29 is 14.0 Å². The Morgan fingerprint density at radius 1 is 1.03 bits per heavy atom. The molecule has 0 saturated carbocycles. The molecule has 1 atom stereocenters. The van der Waals surface area contributed by atoms with Crippen molar-refractivity contribution in [3.05, 3.63) is 95.3 Å². The Hall–Kier alpha value is -3.12. The summed E-state index contributed by atoms with van der Waals surface area (Å²) in [4.78, 5) is 26.7. The van der Waals surface area contributed by atoms with Crippen LogP contribution >= 0.6 is 11.8 Å². The summed E-state index contributed by atoms with van der Waals surface area (Å²) in [6, 6.07) is 21.2. The average Bonchev–Trinajstić information content (AvgIpc) is 3.20. The summed E-state index contributed by atoms with van der Waals surface area (Å²) in [5, 5.41) is 2.74. The van der Waals surface area contributed by atoms with Gasteiger partial charge in [-0.25, -0.2) is 4.39 Å². The van der Waals surface area contributed by atoms with Crippen molar-refractivity contribution in [2.24, 2.45) is 0 Å². The SMILES string of the molecule is CCCCc1ccc(C(=O)Nc2ccc([C@H]3SCC(=O)N3c3ccc(F)cc3)cc2)cc1. The Labute approximate surface area is 191 Å². The summed E-state index contributed by atoms with van der Waals surface area (Å²) >= 11 is 1.53. The van der Waals surface area contributed by atoms with Crippen LogP contribution in [-0.4, -0.2) is 17.6 Å². The lowest BCUT2D eigenvalue weighted by atomic mass is 10.1. The van der Waals surface area contributed by atoms with Crippen LogP contribution in [0.1, 0.15) is 46.6 Å². The Morgan fingerprint density at radius 2 is 1.72 bits per heavy atom. The molecule has 164 valence electrons. The number of hydrogen-bond donors (Lipinski definition) is 1. The predicted molar refractivity (Wildman–Crippen MR) is 129 cm³/mol. The molecule has 1 N–H and O–H groups in total. The molecule has 0 bridgehead atoms. The lowest BCUT2D eigenvalue weighted by Crippen LogP contribution is -2.27. The second-order valence-electron chi connectivity index (χ2n) is 7.78. The molecule has 0 unspecified atom stereocenters. The Morgan fingerprint density at radius 3 is 2.38 bits per heavy atom. The summed E-state index contributed by atoms with van der Waals surface area (Å²) in [5.74, 6) is -0.126. The minimum absolute atomic E-state index is 0.00799. The Kier molecular flexibility index (Phi) is 6.90. The van der Waals surface area contributed by atoms with Crippen molar-refractivity contribution in [1.82, 2.24) is 0 Å². The van der Waals surface area contributed by atoms with Crippen LogP contribution in [0, 0.1) is 5.82 Å². The van der Waals surface area contributed by atoms with Crippen LogP contribution in [0.4, 0.5) is 15.8 Å². The molecule has 32 heavy (non-hydrogen) atoms. The van der Waals surface area contributed by atoms with Gasteiger partial charge in [0.15, 0.2) is 0 Å². The fourth-order valence-corrected chi connectivity index (χ4v) is 4.87. The lowest BCUT2D eigenvalue weighted by Gasteiger charge is -2.24. The maximum Gasteiger partial charge on any atom is 0.255 e. The van der Waals surface area contributed by atoms with Crippen LogP contribution in [0.2, 0.25) is 0 Å². The second kappa shape index (κ2) is 10.0. The molecule has 3 aromatic carbocycles. The van der Waals surface area contributed by atoms with Crippen LogP contribution in [0.5, 0.6) is 0 Å². The van der Waals surface area contributed by atoms with Gasteiger partial charge in [0.2, 0.25) is 5.91 Å². The molecule has 0 spiro atoms. The first-order valence-electron chi connectivity index (χ1n) is 10.7. The van der Waals surface area contributed by atoms with E-state index in [1.807, 2.05) is 48.5 Å². The molecule has 1 aliphatic rings. The number of amides is 2. The van der Waals surface area contributed by atoms with E-state index < -0.39 is 0 Å². The number of benzene rings is 3. The molecule has 6 heteroatoms. The highest BCUT2D eigenvalue weighted by atomic mass is 32.2. The predicted octanol–water partition coefficient (Wildman–Crippen LogP) is 6.20. The summed E-state index contributed by atoms with van der Waals surface area (Å²) in [5.41, 5.74) is 4.17. The molecular weight excluding hydrogens is 423 g/mol. The maximum atomic E-state index is 13.3. The summed E-state index contributed by atoms with van der Waals surface area (Å²) < 4.78 is 13.3. The van der Waals surface area contributed by atoms with E-state index in [1.165, 1.54) is 29.5 Å². The smallest absolute Gasteiger partial charge is 0.255 e. The molecule has 1 saturated heterocycles. The first-order valence-corrected chi connectivity index (χ1v) is 11.8. The Balaban J connectivity index is 1.44. The molecule has 3 aromatic rings. The summed E-state index contributed by atoms with van der Waals surface area (Å²) in [6.45, 7) is 2.16. The van der Waals surface area contributed by atoms with Gasteiger partial charge < -0.3 is 5.32 Å². The first kappa shape index (κ1) is 22.1. The number of anilines is 2. The average molecular weight is 449 g/mol. The quantitative estimate of drug-likeness (QED) is 0.468. The number of unbranched alkanes of at least 4 members (excludes halogenated alkanes) is 1. The first-order chi connectivity index (χ1) is 15.5. The van der Waals surface area contributed by atoms with Gasteiger partial charge in [0, 0.05) is 16.9 Å². The molecule has 0 radical (unpaired) electrons. The van der Waals surface area contributed by atoms with Gasteiger partial charge in [-0.05, 0) is 72.5 Å². The minimum Gasteiger partial charge on any atom is -0.322 e. The summed E-state index contributed by atoms with van der Waals surface area (Å²) in [7, 11) is 0. The van der Waals surface area contributed by atoms with Crippen LogP contribution in [-0.2, 0) is 11.2 Å². The highest BCUT2D eigenvalue weighted by Gasteiger charge is 2.34. The van der Waals surface area contributed by atoms with Gasteiger partial charge in [0.05, 0.1) is 5.75 Å². The third kappa shape index (κ3) is 5.02. The van der Waals surface area contributed by atoms with Crippen molar-refractivity contribution in [3.8, 4) is 0 Å². The molecule has 1 fully saturated rings. The monoisotopic (exact) mass is 448 g/mol. The van der Waals surface area contributed by atoms with Crippen LogP contribution < -0.4 is 10.2 Å². The molecule has 0 aliphatic carbocycles. The number of nitrogens with zero attached hydrogens (tertiary/aromatic N) is 1. The molecular formula is C26H25FN2O2S. The van der Waals surface area contributed by atoms with E-state index in [0.29, 0.717) is 22.7 Å². The maximum absolute atomic E-state index is 13.3. The highest BCUT2D eigenvalue weighted by Crippen LogP contribution is 2.41. The zero-order valence-corrected chi connectivity index (χ0v) is 18.7. The Bertz CT molecular complexity index is 1080. The van der Waals surface area contributed by atoms with Crippen molar-refractivity contribution in [2.75, 3.05) is 16.0 Å². The largest absolute Gasteiger partial charge is 0.322 e. The number of thioether (sulfide) groups is 1. The van der Waals surface area contributed by atoms with Crippen molar-refractivity contribution >= 4 is 35.0 Å². The number of hydrogen-bond acceptors (Lipinski definition) is 3.